The molecule has 1 aliphatic rings. The van der Waals surface area contributed by atoms with Gasteiger partial charge in [0.1, 0.15) is 5.01 Å². The van der Waals surface area contributed by atoms with Crippen LogP contribution in [0.4, 0.5) is 4.79 Å². The van der Waals surface area contributed by atoms with Crippen molar-refractivity contribution in [2.45, 2.75) is 38.8 Å². The van der Waals surface area contributed by atoms with Crippen LogP contribution in [0.5, 0.6) is 0 Å². The molecule has 1 aromatic heterocycles. The van der Waals surface area contributed by atoms with Crippen molar-refractivity contribution in [3.63, 3.8) is 0 Å². The fourth-order valence-corrected chi connectivity index (χ4v) is 2.99. The molecule has 3 unspecified atom stereocenters. The summed E-state index contributed by atoms with van der Waals surface area (Å²) in [6.07, 6.45) is 3.00. The SMILES string of the molecule is CCC(NC(=O)N1CCC(C)C(O)C1)c1nccs1. The number of β-amino-alcohol motifs (C(OH)–C–C–N with tert-alkyl or cyclic N) is 1. The van der Waals surface area contributed by atoms with Gasteiger partial charge in [0.05, 0.1) is 12.1 Å². The number of aromatic nitrogens is 1. The first kappa shape index (κ1) is 14.3. The zero-order valence-corrected chi connectivity index (χ0v) is 12.2. The van der Waals surface area contributed by atoms with Gasteiger partial charge >= 0.3 is 6.03 Å². The molecule has 3 atom stereocenters. The first-order chi connectivity index (χ1) is 9.11. The van der Waals surface area contributed by atoms with Crippen LogP contribution in [0.1, 0.15) is 37.7 Å². The molecule has 1 aliphatic heterocycles. The number of urea groups is 1. The second-order valence-electron chi connectivity index (χ2n) is 5.06. The molecule has 19 heavy (non-hydrogen) atoms. The Morgan fingerprint density at radius 1 is 1.74 bits per heavy atom. The lowest BCUT2D eigenvalue weighted by molar-refractivity contribution is 0.0429. The van der Waals surface area contributed by atoms with Crippen molar-refractivity contribution in [2.75, 3.05) is 13.1 Å². The van der Waals surface area contributed by atoms with E-state index in [1.807, 2.05) is 19.2 Å². The number of aliphatic hydroxyl groups excluding tert-OH is 1. The number of nitrogens with one attached hydrogen (secondary N) is 1. The van der Waals surface area contributed by atoms with E-state index in [2.05, 4.69) is 10.3 Å². The summed E-state index contributed by atoms with van der Waals surface area (Å²) >= 11 is 1.55. The van der Waals surface area contributed by atoms with Crippen LogP contribution in [-0.4, -0.2) is 40.2 Å². The summed E-state index contributed by atoms with van der Waals surface area (Å²) in [4.78, 5) is 18.1. The van der Waals surface area contributed by atoms with Gasteiger partial charge in [0.25, 0.3) is 0 Å². The minimum absolute atomic E-state index is 0.0380. The Hall–Kier alpha value is -1.14. The number of nitrogens with zero attached hydrogens (tertiary/aromatic N) is 2. The summed E-state index contributed by atoms with van der Waals surface area (Å²) in [5.74, 6) is 0.269. The Balaban J connectivity index is 1.93. The maximum atomic E-state index is 12.2. The molecular formula is C13H21N3O2S. The largest absolute Gasteiger partial charge is 0.391 e. The summed E-state index contributed by atoms with van der Waals surface area (Å²) in [7, 11) is 0. The van der Waals surface area contributed by atoms with Crippen LogP contribution in [0.3, 0.4) is 0 Å². The Morgan fingerprint density at radius 3 is 3.11 bits per heavy atom. The summed E-state index contributed by atoms with van der Waals surface area (Å²) in [5.41, 5.74) is 0. The van der Waals surface area contributed by atoms with Crippen LogP contribution in [0, 0.1) is 5.92 Å². The van der Waals surface area contributed by atoms with Gasteiger partial charge in [-0.1, -0.05) is 13.8 Å². The molecule has 6 heteroatoms. The van der Waals surface area contributed by atoms with Gasteiger partial charge in [-0.2, -0.15) is 0 Å². The minimum atomic E-state index is -0.417. The number of piperidine rings is 1. The summed E-state index contributed by atoms with van der Waals surface area (Å²) in [6, 6.07) is -0.142. The van der Waals surface area contributed by atoms with Crippen LogP contribution in [0.2, 0.25) is 0 Å². The zero-order valence-electron chi connectivity index (χ0n) is 11.4. The highest BCUT2D eigenvalue weighted by Gasteiger charge is 2.28. The van der Waals surface area contributed by atoms with E-state index in [4.69, 9.17) is 0 Å². The predicted octanol–water partition coefficient (Wildman–Crippen LogP) is 2.01. The van der Waals surface area contributed by atoms with Crippen LogP contribution >= 0.6 is 11.3 Å². The fourth-order valence-electron chi connectivity index (χ4n) is 2.22. The lowest BCUT2D eigenvalue weighted by Gasteiger charge is -2.35. The third kappa shape index (κ3) is 3.45. The normalized spacial score (nSPS) is 25.1. The summed E-state index contributed by atoms with van der Waals surface area (Å²) in [5, 5.41) is 15.7. The first-order valence-corrected chi connectivity index (χ1v) is 7.62. The van der Waals surface area contributed by atoms with Crippen molar-refractivity contribution >= 4 is 17.4 Å². The molecule has 0 saturated carbocycles. The molecule has 2 heterocycles. The molecule has 2 rings (SSSR count). The number of thiazole rings is 1. The third-order valence-corrected chi connectivity index (χ3v) is 4.55. The van der Waals surface area contributed by atoms with Crippen LogP contribution < -0.4 is 5.32 Å². The zero-order chi connectivity index (χ0) is 13.8. The van der Waals surface area contributed by atoms with E-state index < -0.39 is 6.10 Å². The lowest BCUT2D eigenvalue weighted by Crippen LogP contribution is -2.50. The second-order valence-corrected chi connectivity index (χ2v) is 5.99. The van der Waals surface area contributed by atoms with Crippen molar-refractivity contribution in [2.24, 2.45) is 5.92 Å². The maximum absolute atomic E-state index is 12.2. The number of hydrogen-bond acceptors (Lipinski definition) is 4. The standard InChI is InChI=1S/C13H21N3O2S/c1-3-10(12-14-5-7-19-12)15-13(18)16-6-4-9(2)11(17)8-16/h5,7,9-11,17H,3-4,6,8H2,1-2H3,(H,15,18). The van der Waals surface area contributed by atoms with Gasteiger partial charge in [-0.05, 0) is 18.8 Å². The number of carbonyl (C=O) groups is 1. The van der Waals surface area contributed by atoms with E-state index in [0.29, 0.717) is 13.1 Å². The monoisotopic (exact) mass is 283 g/mol. The second kappa shape index (κ2) is 6.34. The Labute approximate surface area is 117 Å². The smallest absolute Gasteiger partial charge is 0.318 e. The molecule has 1 aromatic rings. The number of hydrogen-bond donors (Lipinski definition) is 2. The van der Waals surface area contributed by atoms with Crippen molar-refractivity contribution in [1.82, 2.24) is 15.2 Å². The van der Waals surface area contributed by atoms with Crippen molar-refractivity contribution < 1.29 is 9.90 Å². The molecule has 1 fully saturated rings. The molecule has 0 aliphatic carbocycles. The molecule has 5 nitrogen and oxygen atoms in total. The predicted molar refractivity (Wildman–Crippen MR) is 75.0 cm³/mol. The average Bonchev–Trinajstić information content (AvgIpc) is 2.92. The molecular weight excluding hydrogens is 262 g/mol. The van der Waals surface area contributed by atoms with Crippen LogP contribution in [0.15, 0.2) is 11.6 Å². The molecule has 0 bridgehead atoms. The Kier molecular flexibility index (Phi) is 4.76. The Bertz CT molecular complexity index is 410. The van der Waals surface area contributed by atoms with E-state index in [-0.39, 0.29) is 18.0 Å². The van der Waals surface area contributed by atoms with Gasteiger partial charge < -0.3 is 15.3 Å². The quantitative estimate of drug-likeness (QED) is 0.892. The van der Waals surface area contributed by atoms with E-state index in [1.54, 1.807) is 22.4 Å². The van der Waals surface area contributed by atoms with Gasteiger partial charge in [-0.15, -0.1) is 11.3 Å². The molecule has 0 aromatic carbocycles. The molecule has 2 amide bonds. The highest BCUT2D eigenvalue weighted by molar-refractivity contribution is 7.09. The van der Waals surface area contributed by atoms with E-state index >= 15 is 0 Å². The third-order valence-electron chi connectivity index (χ3n) is 3.66. The highest BCUT2D eigenvalue weighted by Crippen LogP contribution is 2.21. The number of rotatable bonds is 3. The molecule has 1 saturated heterocycles. The molecule has 106 valence electrons. The number of carbonyl (C=O) groups excluding carboxylic acids is 1. The van der Waals surface area contributed by atoms with Crippen molar-refractivity contribution in [1.29, 1.82) is 0 Å². The van der Waals surface area contributed by atoms with Gasteiger partial charge in [0, 0.05) is 24.7 Å². The van der Waals surface area contributed by atoms with Crippen LogP contribution in [-0.2, 0) is 0 Å². The van der Waals surface area contributed by atoms with E-state index in [1.165, 1.54) is 0 Å². The van der Waals surface area contributed by atoms with Crippen molar-refractivity contribution in [3.05, 3.63) is 16.6 Å². The molecule has 0 spiro atoms. The number of amides is 2. The topological polar surface area (TPSA) is 65.5 Å². The molecule has 2 N–H and O–H groups in total. The number of likely N-dealkylation sites (tertiary alicyclic amines) is 1. The number of aliphatic hydroxyl groups is 1. The minimum Gasteiger partial charge on any atom is -0.391 e. The van der Waals surface area contributed by atoms with E-state index in [9.17, 15) is 9.90 Å². The maximum Gasteiger partial charge on any atom is 0.318 e. The van der Waals surface area contributed by atoms with Gasteiger partial charge in [-0.3, -0.25) is 0 Å². The van der Waals surface area contributed by atoms with Gasteiger partial charge in [0.2, 0.25) is 0 Å². The fraction of sp³-hybridized carbons (Fsp3) is 0.692. The molecule has 0 radical (unpaired) electrons. The van der Waals surface area contributed by atoms with E-state index in [0.717, 1.165) is 17.8 Å². The summed E-state index contributed by atoms with van der Waals surface area (Å²) < 4.78 is 0. The highest BCUT2D eigenvalue weighted by atomic mass is 32.1. The van der Waals surface area contributed by atoms with Gasteiger partial charge in [0.15, 0.2) is 0 Å². The van der Waals surface area contributed by atoms with Gasteiger partial charge in [-0.25, -0.2) is 9.78 Å². The van der Waals surface area contributed by atoms with Crippen molar-refractivity contribution in [3.8, 4) is 0 Å². The summed E-state index contributed by atoms with van der Waals surface area (Å²) in [6.45, 7) is 5.17. The lowest BCUT2D eigenvalue weighted by atomic mass is 9.96. The first-order valence-electron chi connectivity index (χ1n) is 6.74. The average molecular weight is 283 g/mol. The Morgan fingerprint density at radius 2 is 2.53 bits per heavy atom. The van der Waals surface area contributed by atoms with Crippen LogP contribution in [0.25, 0.3) is 0 Å².